The molecule has 1 fully saturated rings. The molecule has 1 aliphatic rings. The molecule has 0 unspecified atom stereocenters. The van der Waals surface area contributed by atoms with Crippen LogP contribution in [0.2, 0.25) is 0 Å². The normalized spacial score (nSPS) is 17.7. The maximum absolute atomic E-state index is 10.5. The fourth-order valence-electron chi connectivity index (χ4n) is 1.74. The molecule has 0 atom stereocenters. The number of aldehydes is 1. The Morgan fingerprint density at radius 1 is 1.42 bits per heavy atom. The molecule has 68 valence electrons. The molecule has 1 rings (SSSR count). The monoisotopic (exact) mass is 169 g/mol. The van der Waals surface area contributed by atoms with E-state index >= 15 is 0 Å². The minimum atomic E-state index is -0.493. The third kappa shape index (κ3) is 3.03. The van der Waals surface area contributed by atoms with Crippen molar-refractivity contribution in [3.8, 4) is 0 Å². The molecule has 0 radical (unpaired) electrons. The van der Waals surface area contributed by atoms with Gasteiger partial charge in [-0.1, -0.05) is 25.7 Å². The number of carbonyl (C=O) groups is 2. The first-order chi connectivity index (χ1) is 5.83. The summed E-state index contributed by atoms with van der Waals surface area (Å²) in [7, 11) is 0. The average Bonchev–Trinajstić information content (AvgIpc) is 2.57. The number of hydrogen-bond donors (Lipinski definition) is 1. The van der Waals surface area contributed by atoms with Gasteiger partial charge in [-0.05, 0) is 12.3 Å². The molecule has 12 heavy (non-hydrogen) atoms. The lowest BCUT2D eigenvalue weighted by Crippen LogP contribution is -2.26. The molecule has 0 saturated heterocycles. The number of rotatable bonds is 4. The van der Waals surface area contributed by atoms with Crippen molar-refractivity contribution < 1.29 is 9.59 Å². The fourth-order valence-corrected chi connectivity index (χ4v) is 1.74. The van der Waals surface area contributed by atoms with Crippen molar-refractivity contribution in [1.82, 2.24) is 5.32 Å². The van der Waals surface area contributed by atoms with Gasteiger partial charge in [-0.2, -0.15) is 0 Å². The molecule has 0 aromatic carbocycles. The number of hydrogen-bond acceptors (Lipinski definition) is 2. The van der Waals surface area contributed by atoms with Gasteiger partial charge in [0.1, 0.15) is 0 Å². The van der Waals surface area contributed by atoms with Crippen molar-refractivity contribution in [3.05, 3.63) is 0 Å². The Balaban J connectivity index is 2.01. The Morgan fingerprint density at radius 3 is 2.67 bits per heavy atom. The third-order valence-corrected chi connectivity index (χ3v) is 2.43. The highest BCUT2D eigenvalue weighted by Crippen LogP contribution is 2.26. The van der Waals surface area contributed by atoms with Gasteiger partial charge >= 0.3 is 0 Å². The summed E-state index contributed by atoms with van der Waals surface area (Å²) >= 11 is 0. The van der Waals surface area contributed by atoms with Gasteiger partial charge in [-0.15, -0.1) is 0 Å². The zero-order chi connectivity index (χ0) is 8.81. The summed E-state index contributed by atoms with van der Waals surface area (Å²) in [6, 6.07) is 0. The molecule has 1 saturated carbocycles. The molecule has 0 spiro atoms. The molecular weight excluding hydrogens is 154 g/mol. The summed E-state index contributed by atoms with van der Waals surface area (Å²) in [5.41, 5.74) is 0. The van der Waals surface area contributed by atoms with Crippen LogP contribution in [0.1, 0.15) is 32.1 Å². The first-order valence-corrected chi connectivity index (χ1v) is 4.56. The van der Waals surface area contributed by atoms with E-state index in [-0.39, 0.29) is 0 Å². The first kappa shape index (κ1) is 9.23. The first-order valence-electron chi connectivity index (χ1n) is 4.56. The van der Waals surface area contributed by atoms with Gasteiger partial charge in [-0.3, -0.25) is 9.59 Å². The Morgan fingerprint density at radius 2 is 2.08 bits per heavy atom. The zero-order valence-corrected chi connectivity index (χ0v) is 7.21. The van der Waals surface area contributed by atoms with Crippen LogP contribution in [-0.2, 0) is 9.59 Å². The van der Waals surface area contributed by atoms with Crippen molar-refractivity contribution in [1.29, 1.82) is 0 Å². The second-order valence-electron chi connectivity index (χ2n) is 3.35. The van der Waals surface area contributed by atoms with Crippen molar-refractivity contribution in [2.45, 2.75) is 32.1 Å². The number of amides is 1. The molecule has 0 aromatic heterocycles. The molecule has 0 aliphatic heterocycles. The highest BCUT2D eigenvalue weighted by atomic mass is 16.2. The smallest absolute Gasteiger partial charge is 0.284 e. The summed E-state index contributed by atoms with van der Waals surface area (Å²) in [6.45, 7) is 0.655. The minimum Gasteiger partial charge on any atom is -0.350 e. The highest BCUT2D eigenvalue weighted by Gasteiger charge is 2.14. The Kier molecular flexibility index (Phi) is 3.77. The second kappa shape index (κ2) is 4.91. The Hall–Kier alpha value is -0.860. The van der Waals surface area contributed by atoms with E-state index in [1.165, 1.54) is 25.7 Å². The van der Waals surface area contributed by atoms with Crippen LogP contribution in [0.25, 0.3) is 0 Å². The van der Waals surface area contributed by atoms with E-state index in [1.807, 2.05) is 0 Å². The van der Waals surface area contributed by atoms with Crippen LogP contribution in [0.15, 0.2) is 0 Å². The van der Waals surface area contributed by atoms with Crippen LogP contribution < -0.4 is 5.32 Å². The van der Waals surface area contributed by atoms with Gasteiger partial charge in [-0.25, -0.2) is 0 Å². The molecule has 1 amide bonds. The number of carbonyl (C=O) groups excluding carboxylic acids is 2. The average molecular weight is 169 g/mol. The molecule has 1 aliphatic carbocycles. The van der Waals surface area contributed by atoms with E-state index in [1.54, 1.807) is 0 Å². The van der Waals surface area contributed by atoms with Crippen molar-refractivity contribution in [2.75, 3.05) is 6.54 Å². The lowest BCUT2D eigenvalue weighted by Gasteiger charge is -2.07. The standard InChI is InChI=1S/C9H15NO2/c11-7-9(12)10-6-5-8-3-1-2-4-8/h7-8H,1-6H2,(H,10,12). The topological polar surface area (TPSA) is 46.2 Å². The summed E-state index contributed by atoms with van der Waals surface area (Å²) in [5, 5.41) is 2.55. The predicted molar refractivity (Wildman–Crippen MR) is 45.6 cm³/mol. The van der Waals surface area contributed by atoms with Crippen molar-refractivity contribution in [3.63, 3.8) is 0 Å². The second-order valence-corrected chi connectivity index (χ2v) is 3.35. The van der Waals surface area contributed by atoms with Gasteiger partial charge in [0.25, 0.3) is 5.91 Å². The van der Waals surface area contributed by atoms with E-state index in [4.69, 9.17) is 0 Å². The minimum absolute atomic E-state index is 0.328. The van der Waals surface area contributed by atoms with Crippen LogP contribution in [0.3, 0.4) is 0 Å². The van der Waals surface area contributed by atoms with Gasteiger partial charge in [0.15, 0.2) is 0 Å². The maximum atomic E-state index is 10.5. The van der Waals surface area contributed by atoms with E-state index in [2.05, 4.69) is 5.32 Å². The highest BCUT2D eigenvalue weighted by molar-refractivity contribution is 6.23. The van der Waals surface area contributed by atoms with Gasteiger partial charge in [0.05, 0.1) is 0 Å². The molecular formula is C9H15NO2. The SMILES string of the molecule is O=CC(=O)NCCC1CCCC1. The van der Waals surface area contributed by atoms with Crippen LogP contribution in [-0.4, -0.2) is 18.7 Å². The summed E-state index contributed by atoms with van der Waals surface area (Å²) in [4.78, 5) is 20.4. The summed E-state index contributed by atoms with van der Waals surface area (Å²) < 4.78 is 0. The largest absolute Gasteiger partial charge is 0.350 e. The van der Waals surface area contributed by atoms with Crippen LogP contribution in [0.5, 0.6) is 0 Å². The molecule has 3 heteroatoms. The lowest BCUT2D eigenvalue weighted by atomic mass is 10.0. The molecule has 3 nitrogen and oxygen atoms in total. The zero-order valence-electron chi connectivity index (χ0n) is 7.21. The maximum Gasteiger partial charge on any atom is 0.284 e. The Bertz CT molecular complexity index is 162. The van der Waals surface area contributed by atoms with E-state index in [0.29, 0.717) is 12.8 Å². The molecule has 0 heterocycles. The van der Waals surface area contributed by atoms with Crippen LogP contribution in [0.4, 0.5) is 0 Å². The fraction of sp³-hybridized carbons (Fsp3) is 0.778. The van der Waals surface area contributed by atoms with E-state index in [9.17, 15) is 9.59 Å². The summed E-state index contributed by atoms with van der Waals surface area (Å²) in [6.07, 6.45) is 6.58. The van der Waals surface area contributed by atoms with Crippen LogP contribution >= 0.6 is 0 Å². The summed E-state index contributed by atoms with van der Waals surface area (Å²) in [5.74, 6) is 0.282. The number of nitrogens with one attached hydrogen (secondary N) is 1. The van der Waals surface area contributed by atoms with E-state index in [0.717, 1.165) is 12.3 Å². The van der Waals surface area contributed by atoms with Gasteiger partial charge < -0.3 is 5.32 Å². The third-order valence-electron chi connectivity index (χ3n) is 2.43. The van der Waals surface area contributed by atoms with Gasteiger partial charge in [0.2, 0.25) is 6.29 Å². The molecule has 0 bridgehead atoms. The lowest BCUT2D eigenvalue weighted by molar-refractivity contribution is -0.131. The van der Waals surface area contributed by atoms with Crippen molar-refractivity contribution in [2.24, 2.45) is 5.92 Å². The predicted octanol–water partition coefficient (Wildman–Crippen LogP) is 0.882. The molecule has 0 aromatic rings. The van der Waals surface area contributed by atoms with Crippen molar-refractivity contribution >= 4 is 12.2 Å². The molecule has 1 N–H and O–H groups in total. The van der Waals surface area contributed by atoms with Crippen LogP contribution in [0, 0.1) is 5.92 Å². The quantitative estimate of drug-likeness (QED) is 0.501. The van der Waals surface area contributed by atoms with Gasteiger partial charge in [0, 0.05) is 6.54 Å². The van der Waals surface area contributed by atoms with E-state index < -0.39 is 5.91 Å². The Labute approximate surface area is 72.5 Å².